The van der Waals surface area contributed by atoms with Crippen LogP contribution < -0.4 is 15.0 Å². The minimum Gasteiger partial charge on any atom is -0.497 e. The Morgan fingerprint density at radius 3 is 2.48 bits per heavy atom. The van der Waals surface area contributed by atoms with E-state index in [1.807, 2.05) is 6.08 Å². The minimum atomic E-state index is -0.249. The van der Waals surface area contributed by atoms with Crippen LogP contribution in [0.4, 0.5) is 5.69 Å². The van der Waals surface area contributed by atoms with Crippen molar-refractivity contribution >= 4 is 39.6 Å². The van der Waals surface area contributed by atoms with Gasteiger partial charge >= 0.3 is 0 Å². The molecule has 0 aliphatic carbocycles. The molecule has 5 heteroatoms. The summed E-state index contributed by atoms with van der Waals surface area (Å²) in [5.74, 6) is 0.476. The molecule has 3 aromatic rings. The lowest BCUT2D eigenvalue weighted by Gasteiger charge is -2.26. The number of nitrogens with one attached hydrogen (secondary N) is 1. The summed E-state index contributed by atoms with van der Waals surface area (Å²) in [6, 6.07) is 19.8. The van der Waals surface area contributed by atoms with Gasteiger partial charge < -0.3 is 15.0 Å². The van der Waals surface area contributed by atoms with Gasteiger partial charge in [0.1, 0.15) is 10.7 Å². The Morgan fingerprint density at radius 2 is 1.81 bits per heavy atom. The maximum Gasteiger partial charge on any atom is 0.256 e. The number of anilines is 1. The second kappa shape index (κ2) is 8.16. The van der Waals surface area contributed by atoms with Gasteiger partial charge in [0.2, 0.25) is 0 Å². The summed E-state index contributed by atoms with van der Waals surface area (Å²) in [5, 5.41) is 5.33. The lowest BCUT2D eigenvalue weighted by Crippen LogP contribution is -2.32. The molecule has 0 bridgehead atoms. The molecule has 0 saturated carbocycles. The molecular formula is C26H26N2O2S. The highest BCUT2D eigenvalue weighted by molar-refractivity contribution is 7.80. The van der Waals surface area contributed by atoms with Crippen LogP contribution in [0.1, 0.15) is 36.7 Å². The normalized spacial score (nSPS) is 15.7. The fourth-order valence-corrected chi connectivity index (χ4v) is 4.63. The molecule has 0 unspecified atom stereocenters. The van der Waals surface area contributed by atoms with Crippen LogP contribution in [-0.2, 0) is 5.41 Å². The average Bonchev–Trinajstić information content (AvgIpc) is 2.99. The molecule has 1 amide bonds. The first kappa shape index (κ1) is 21.1. The van der Waals surface area contributed by atoms with E-state index in [9.17, 15) is 4.79 Å². The van der Waals surface area contributed by atoms with Crippen LogP contribution >= 0.6 is 12.2 Å². The van der Waals surface area contributed by atoms with Crippen molar-refractivity contribution in [3.8, 4) is 5.75 Å². The third-order valence-electron chi connectivity index (χ3n) is 5.93. The molecule has 3 aromatic carbocycles. The first-order valence-electron chi connectivity index (χ1n) is 10.4. The topological polar surface area (TPSA) is 41.6 Å². The number of carbonyl (C=O) groups is 1. The van der Waals surface area contributed by atoms with Crippen molar-refractivity contribution in [2.24, 2.45) is 0 Å². The number of amides is 1. The van der Waals surface area contributed by atoms with Gasteiger partial charge in [-0.05, 0) is 59.7 Å². The SMILES string of the molecule is CCN1C(=CC(=S)NC(=O)c2ccc(OC)cc2)C(C)(C)c2c1ccc1ccccc21. The van der Waals surface area contributed by atoms with Crippen LogP contribution in [0.15, 0.2) is 72.4 Å². The van der Waals surface area contributed by atoms with Crippen molar-refractivity contribution in [2.75, 3.05) is 18.6 Å². The van der Waals surface area contributed by atoms with Gasteiger partial charge in [-0.1, -0.05) is 56.4 Å². The lowest BCUT2D eigenvalue weighted by molar-refractivity contribution is 0.0978. The van der Waals surface area contributed by atoms with Gasteiger partial charge in [0.25, 0.3) is 5.91 Å². The molecule has 4 rings (SSSR count). The van der Waals surface area contributed by atoms with Gasteiger partial charge in [-0.2, -0.15) is 0 Å². The molecule has 158 valence electrons. The standard InChI is InChI=1S/C26H26N2O2S/c1-5-28-21-15-12-17-8-6-7-9-20(17)24(21)26(2,3)22(28)16-23(31)27-25(29)18-10-13-19(30-4)14-11-18/h6-16H,5H2,1-4H3,(H,27,29,31). The predicted molar refractivity (Wildman–Crippen MR) is 131 cm³/mol. The summed E-state index contributed by atoms with van der Waals surface area (Å²) in [5.41, 5.74) is 3.86. The molecule has 0 saturated heterocycles. The Bertz CT molecular complexity index is 1200. The highest BCUT2D eigenvalue weighted by atomic mass is 32.1. The second-order valence-electron chi connectivity index (χ2n) is 8.13. The molecule has 1 heterocycles. The number of methoxy groups -OCH3 is 1. The molecule has 0 aromatic heterocycles. The van der Waals surface area contributed by atoms with E-state index in [1.54, 1.807) is 31.4 Å². The van der Waals surface area contributed by atoms with E-state index < -0.39 is 0 Å². The van der Waals surface area contributed by atoms with Gasteiger partial charge in [-0.25, -0.2) is 0 Å². The number of allylic oxidation sites excluding steroid dienone is 1. The van der Waals surface area contributed by atoms with Crippen LogP contribution in [0, 0.1) is 0 Å². The summed E-state index contributed by atoms with van der Waals surface area (Å²) < 4.78 is 5.15. The first-order valence-corrected chi connectivity index (χ1v) is 10.8. The fraction of sp³-hybridized carbons (Fsp3) is 0.231. The molecule has 0 radical (unpaired) electrons. The van der Waals surface area contributed by atoms with Crippen LogP contribution in [0.3, 0.4) is 0 Å². The maximum absolute atomic E-state index is 12.7. The molecule has 0 spiro atoms. The number of ether oxygens (including phenoxy) is 1. The molecule has 4 nitrogen and oxygen atoms in total. The summed E-state index contributed by atoms with van der Waals surface area (Å²) >= 11 is 5.57. The number of benzene rings is 3. The Labute approximate surface area is 188 Å². The second-order valence-corrected chi connectivity index (χ2v) is 8.57. The van der Waals surface area contributed by atoms with Crippen molar-refractivity contribution in [2.45, 2.75) is 26.2 Å². The first-order chi connectivity index (χ1) is 14.9. The number of likely N-dealkylation sites (N-methyl/N-ethyl adjacent to an activating group) is 1. The molecule has 31 heavy (non-hydrogen) atoms. The van der Waals surface area contributed by atoms with E-state index in [4.69, 9.17) is 17.0 Å². The summed E-state index contributed by atoms with van der Waals surface area (Å²) in [7, 11) is 1.60. The minimum absolute atomic E-state index is 0.230. The van der Waals surface area contributed by atoms with E-state index in [-0.39, 0.29) is 11.3 Å². The number of hydrogen-bond donors (Lipinski definition) is 1. The van der Waals surface area contributed by atoms with E-state index in [0.29, 0.717) is 16.3 Å². The maximum atomic E-state index is 12.7. The number of thiocarbonyl (C=S) groups is 1. The molecule has 1 aliphatic rings. The lowest BCUT2D eigenvalue weighted by atomic mass is 9.81. The Hall–Kier alpha value is -3.18. The van der Waals surface area contributed by atoms with E-state index in [1.165, 1.54) is 22.0 Å². The van der Waals surface area contributed by atoms with E-state index in [2.05, 4.69) is 67.4 Å². The van der Waals surface area contributed by atoms with Crippen molar-refractivity contribution in [3.05, 3.63) is 83.6 Å². The Morgan fingerprint density at radius 1 is 1.10 bits per heavy atom. The molecule has 0 atom stereocenters. The number of rotatable bonds is 4. The molecule has 0 fully saturated rings. The molecule has 1 N–H and O–H groups in total. The van der Waals surface area contributed by atoms with E-state index in [0.717, 1.165) is 12.2 Å². The van der Waals surface area contributed by atoms with Gasteiger partial charge in [0, 0.05) is 28.9 Å². The van der Waals surface area contributed by atoms with Crippen LogP contribution in [-0.4, -0.2) is 24.6 Å². The van der Waals surface area contributed by atoms with Crippen LogP contribution in [0.2, 0.25) is 0 Å². The third kappa shape index (κ3) is 3.70. The largest absolute Gasteiger partial charge is 0.497 e. The monoisotopic (exact) mass is 430 g/mol. The summed E-state index contributed by atoms with van der Waals surface area (Å²) in [6.07, 6.45) is 1.93. The van der Waals surface area contributed by atoms with Gasteiger partial charge in [0.15, 0.2) is 0 Å². The highest BCUT2D eigenvalue weighted by Gasteiger charge is 2.40. The quantitative estimate of drug-likeness (QED) is 0.432. The third-order valence-corrected chi connectivity index (χ3v) is 6.15. The number of carbonyl (C=O) groups excluding carboxylic acids is 1. The fourth-order valence-electron chi connectivity index (χ4n) is 4.42. The zero-order valence-corrected chi connectivity index (χ0v) is 19.0. The predicted octanol–water partition coefficient (Wildman–Crippen LogP) is 5.61. The van der Waals surface area contributed by atoms with Crippen molar-refractivity contribution in [1.82, 2.24) is 5.32 Å². The van der Waals surface area contributed by atoms with Crippen molar-refractivity contribution < 1.29 is 9.53 Å². The summed E-state index contributed by atoms with van der Waals surface area (Å²) in [6.45, 7) is 7.38. The van der Waals surface area contributed by atoms with E-state index >= 15 is 0 Å². The molecular weight excluding hydrogens is 404 g/mol. The van der Waals surface area contributed by atoms with Crippen LogP contribution in [0.25, 0.3) is 10.8 Å². The van der Waals surface area contributed by atoms with Gasteiger partial charge in [-0.3, -0.25) is 4.79 Å². The highest BCUT2D eigenvalue weighted by Crippen LogP contribution is 2.50. The molecule has 1 aliphatic heterocycles. The average molecular weight is 431 g/mol. The zero-order valence-electron chi connectivity index (χ0n) is 18.2. The number of fused-ring (bicyclic) bond motifs is 3. The Kier molecular flexibility index (Phi) is 5.54. The van der Waals surface area contributed by atoms with Crippen molar-refractivity contribution in [3.63, 3.8) is 0 Å². The number of hydrogen-bond acceptors (Lipinski definition) is 4. The van der Waals surface area contributed by atoms with Gasteiger partial charge in [0.05, 0.1) is 7.11 Å². The van der Waals surface area contributed by atoms with Gasteiger partial charge in [-0.15, -0.1) is 0 Å². The van der Waals surface area contributed by atoms with Crippen molar-refractivity contribution in [1.29, 1.82) is 0 Å². The Balaban J connectivity index is 1.66. The summed E-state index contributed by atoms with van der Waals surface area (Å²) in [4.78, 5) is 15.3. The zero-order chi connectivity index (χ0) is 22.2. The smallest absolute Gasteiger partial charge is 0.256 e. The number of nitrogens with zero attached hydrogens (tertiary/aromatic N) is 1. The van der Waals surface area contributed by atoms with Crippen LogP contribution in [0.5, 0.6) is 5.75 Å².